The molecular formula is C11H15NOS. The molecule has 1 heterocycles. The smallest absolute Gasteiger partial charge is 0.0976 e. The minimum atomic E-state index is 0.103. The van der Waals surface area contributed by atoms with Crippen molar-refractivity contribution in [3.63, 3.8) is 0 Å². The summed E-state index contributed by atoms with van der Waals surface area (Å²) in [5, 5.41) is 0. The molecule has 14 heavy (non-hydrogen) atoms. The van der Waals surface area contributed by atoms with Crippen LogP contribution in [0.15, 0.2) is 29.2 Å². The summed E-state index contributed by atoms with van der Waals surface area (Å²) < 4.78 is 5.59. The van der Waals surface area contributed by atoms with Crippen LogP contribution in [0.1, 0.15) is 18.1 Å². The molecule has 0 aromatic heterocycles. The summed E-state index contributed by atoms with van der Waals surface area (Å²) in [7, 11) is 0. The molecule has 2 nitrogen and oxygen atoms in total. The largest absolute Gasteiger partial charge is 0.372 e. The Bertz CT molecular complexity index is 299. The Labute approximate surface area is 88.8 Å². The molecule has 2 unspecified atom stereocenters. The Balaban J connectivity index is 2.16. The van der Waals surface area contributed by atoms with Crippen molar-refractivity contribution in [3.05, 3.63) is 29.8 Å². The maximum atomic E-state index is 5.95. The van der Waals surface area contributed by atoms with Crippen LogP contribution in [0.5, 0.6) is 0 Å². The Morgan fingerprint density at radius 3 is 2.57 bits per heavy atom. The fourth-order valence-electron chi connectivity index (χ4n) is 1.74. The molecule has 0 radical (unpaired) electrons. The van der Waals surface area contributed by atoms with Gasteiger partial charge in [-0.1, -0.05) is 12.1 Å². The molecule has 0 bridgehead atoms. The number of thioether (sulfide) groups is 1. The molecule has 76 valence electrons. The lowest BCUT2D eigenvalue weighted by molar-refractivity contribution is 0.105. The fourth-order valence-corrected chi connectivity index (χ4v) is 2.15. The van der Waals surface area contributed by atoms with E-state index >= 15 is 0 Å². The molecule has 2 rings (SSSR count). The molecule has 0 amide bonds. The van der Waals surface area contributed by atoms with Gasteiger partial charge in [0.2, 0.25) is 0 Å². The van der Waals surface area contributed by atoms with Crippen molar-refractivity contribution in [2.45, 2.75) is 23.5 Å². The second-order valence-corrected chi connectivity index (χ2v) is 4.40. The highest BCUT2D eigenvalue weighted by Gasteiger charge is 2.25. The first-order valence-corrected chi connectivity index (χ1v) is 6.05. The van der Waals surface area contributed by atoms with E-state index in [4.69, 9.17) is 10.5 Å². The second-order valence-electron chi connectivity index (χ2n) is 3.52. The van der Waals surface area contributed by atoms with Crippen molar-refractivity contribution in [1.82, 2.24) is 0 Å². The van der Waals surface area contributed by atoms with E-state index in [9.17, 15) is 0 Å². The first-order valence-electron chi connectivity index (χ1n) is 4.82. The van der Waals surface area contributed by atoms with Gasteiger partial charge in [0.15, 0.2) is 0 Å². The van der Waals surface area contributed by atoms with Gasteiger partial charge in [-0.05, 0) is 30.4 Å². The predicted octanol–water partition coefficient (Wildman–Crippen LogP) is 2.20. The zero-order valence-corrected chi connectivity index (χ0v) is 9.09. The Morgan fingerprint density at radius 1 is 1.36 bits per heavy atom. The van der Waals surface area contributed by atoms with Gasteiger partial charge in [0, 0.05) is 17.5 Å². The lowest BCUT2D eigenvalue weighted by Crippen LogP contribution is -2.23. The lowest BCUT2D eigenvalue weighted by atomic mass is 10.0. The van der Waals surface area contributed by atoms with E-state index < -0.39 is 0 Å². The highest BCUT2D eigenvalue weighted by molar-refractivity contribution is 7.98. The topological polar surface area (TPSA) is 35.2 Å². The molecule has 1 fully saturated rings. The third kappa shape index (κ3) is 1.95. The van der Waals surface area contributed by atoms with Crippen LogP contribution in [-0.2, 0) is 4.74 Å². The van der Waals surface area contributed by atoms with Crippen LogP contribution in [0, 0.1) is 0 Å². The van der Waals surface area contributed by atoms with Crippen molar-refractivity contribution < 1.29 is 4.74 Å². The van der Waals surface area contributed by atoms with Crippen LogP contribution < -0.4 is 5.73 Å². The first-order chi connectivity index (χ1) is 6.81. The van der Waals surface area contributed by atoms with E-state index in [0.29, 0.717) is 0 Å². The van der Waals surface area contributed by atoms with Gasteiger partial charge < -0.3 is 10.5 Å². The van der Waals surface area contributed by atoms with Crippen LogP contribution in [0.4, 0.5) is 0 Å². The molecule has 3 heteroatoms. The molecule has 0 spiro atoms. The van der Waals surface area contributed by atoms with E-state index in [-0.39, 0.29) is 12.1 Å². The SMILES string of the molecule is CSc1ccc(C2OCCC2N)cc1. The monoisotopic (exact) mass is 209 g/mol. The van der Waals surface area contributed by atoms with E-state index in [1.54, 1.807) is 11.8 Å². The van der Waals surface area contributed by atoms with Crippen LogP contribution in [-0.4, -0.2) is 18.9 Å². The normalized spacial score (nSPS) is 26.7. The van der Waals surface area contributed by atoms with Crippen LogP contribution in [0.3, 0.4) is 0 Å². The van der Waals surface area contributed by atoms with E-state index in [1.807, 2.05) is 0 Å². The van der Waals surface area contributed by atoms with E-state index in [0.717, 1.165) is 13.0 Å². The van der Waals surface area contributed by atoms with Gasteiger partial charge in [0.25, 0.3) is 0 Å². The zero-order chi connectivity index (χ0) is 9.97. The molecule has 1 aromatic rings. The van der Waals surface area contributed by atoms with Gasteiger partial charge in [-0.3, -0.25) is 0 Å². The predicted molar refractivity (Wildman–Crippen MR) is 59.5 cm³/mol. The summed E-state index contributed by atoms with van der Waals surface area (Å²) in [4.78, 5) is 1.28. The molecule has 2 N–H and O–H groups in total. The molecule has 0 aliphatic carbocycles. The van der Waals surface area contributed by atoms with Crippen molar-refractivity contribution in [1.29, 1.82) is 0 Å². The number of rotatable bonds is 2. The third-order valence-electron chi connectivity index (χ3n) is 2.58. The van der Waals surface area contributed by atoms with Crippen LogP contribution >= 0.6 is 11.8 Å². The molecule has 1 aliphatic rings. The Kier molecular flexibility index (Phi) is 3.11. The third-order valence-corrected chi connectivity index (χ3v) is 3.33. The highest BCUT2D eigenvalue weighted by Crippen LogP contribution is 2.28. The fraction of sp³-hybridized carbons (Fsp3) is 0.455. The van der Waals surface area contributed by atoms with Gasteiger partial charge in [0.1, 0.15) is 0 Å². The van der Waals surface area contributed by atoms with Gasteiger partial charge in [-0.2, -0.15) is 0 Å². The zero-order valence-electron chi connectivity index (χ0n) is 8.27. The standard InChI is InChI=1S/C11H15NOS/c1-14-9-4-2-8(3-5-9)11-10(12)6-7-13-11/h2-5,10-11H,6-7,12H2,1H3. The Hall–Kier alpha value is -0.510. The average Bonchev–Trinajstić information content (AvgIpc) is 2.65. The highest BCUT2D eigenvalue weighted by atomic mass is 32.2. The molecule has 1 aliphatic heterocycles. The Morgan fingerprint density at radius 2 is 2.07 bits per heavy atom. The van der Waals surface area contributed by atoms with E-state index in [1.165, 1.54) is 10.5 Å². The summed E-state index contributed by atoms with van der Waals surface area (Å²) in [6.07, 6.45) is 3.15. The summed E-state index contributed by atoms with van der Waals surface area (Å²) in [5.74, 6) is 0. The second kappa shape index (κ2) is 4.34. The number of benzene rings is 1. The summed E-state index contributed by atoms with van der Waals surface area (Å²) in [6.45, 7) is 0.788. The van der Waals surface area contributed by atoms with Gasteiger partial charge in [0.05, 0.1) is 6.10 Å². The molecule has 0 saturated carbocycles. The number of hydrogen-bond acceptors (Lipinski definition) is 3. The number of ether oxygens (including phenoxy) is 1. The molecule has 1 aromatic carbocycles. The van der Waals surface area contributed by atoms with Gasteiger partial charge >= 0.3 is 0 Å². The van der Waals surface area contributed by atoms with Crippen LogP contribution in [0.25, 0.3) is 0 Å². The van der Waals surface area contributed by atoms with Crippen molar-refractivity contribution in [3.8, 4) is 0 Å². The average molecular weight is 209 g/mol. The summed E-state index contributed by atoms with van der Waals surface area (Å²) in [6, 6.07) is 8.63. The van der Waals surface area contributed by atoms with E-state index in [2.05, 4.69) is 30.5 Å². The van der Waals surface area contributed by atoms with Crippen molar-refractivity contribution in [2.75, 3.05) is 12.9 Å². The summed E-state index contributed by atoms with van der Waals surface area (Å²) >= 11 is 1.75. The number of nitrogens with two attached hydrogens (primary N) is 1. The molecular weight excluding hydrogens is 194 g/mol. The van der Waals surface area contributed by atoms with Gasteiger partial charge in [-0.15, -0.1) is 11.8 Å². The maximum Gasteiger partial charge on any atom is 0.0976 e. The van der Waals surface area contributed by atoms with Crippen LogP contribution in [0.2, 0.25) is 0 Å². The quantitative estimate of drug-likeness (QED) is 0.758. The van der Waals surface area contributed by atoms with Crippen molar-refractivity contribution in [2.24, 2.45) is 5.73 Å². The van der Waals surface area contributed by atoms with Crippen molar-refractivity contribution >= 4 is 11.8 Å². The lowest BCUT2D eigenvalue weighted by Gasteiger charge is -2.14. The maximum absolute atomic E-state index is 5.95. The van der Waals surface area contributed by atoms with Gasteiger partial charge in [-0.25, -0.2) is 0 Å². The first kappa shape index (κ1) is 10.0. The number of hydrogen-bond donors (Lipinski definition) is 1. The molecule has 2 atom stereocenters. The minimum absolute atomic E-state index is 0.103. The minimum Gasteiger partial charge on any atom is -0.372 e. The summed E-state index contributed by atoms with van der Waals surface area (Å²) in [5.41, 5.74) is 7.15. The molecule has 1 saturated heterocycles.